The highest BCUT2D eigenvalue weighted by molar-refractivity contribution is 7.99. The zero-order valence-corrected chi connectivity index (χ0v) is 19.0. The molecule has 1 amide bonds. The number of hydrogen-bond acceptors (Lipinski definition) is 5. The number of rotatable bonds is 7. The molecule has 0 radical (unpaired) electrons. The van der Waals surface area contributed by atoms with Crippen LogP contribution in [0.5, 0.6) is 0 Å². The average Bonchev–Trinajstić information content (AvgIpc) is 3.49. The van der Waals surface area contributed by atoms with Crippen LogP contribution in [0.25, 0.3) is 22.4 Å². The van der Waals surface area contributed by atoms with Crippen LogP contribution in [0.4, 0.5) is 4.39 Å². The predicted molar refractivity (Wildman–Crippen MR) is 126 cm³/mol. The number of aromatic nitrogens is 3. The van der Waals surface area contributed by atoms with Crippen LogP contribution in [0.2, 0.25) is 0 Å². The molecule has 2 heterocycles. The van der Waals surface area contributed by atoms with Crippen molar-refractivity contribution in [3.05, 3.63) is 66.1 Å². The van der Waals surface area contributed by atoms with E-state index < -0.39 is 0 Å². The molecule has 4 aromatic rings. The highest BCUT2D eigenvalue weighted by atomic mass is 32.2. The van der Waals surface area contributed by atoms with Crippen LogP contribution in [0.1, 0.15) is 37.7 Å². The third-order valence-electron chi connectivity index (χ3n) is 6.15. The van der Waals surface area contributed by atoms with Gasteiger partial charge in [-0.05, 0) is 36.6 Å². The Kier molecular flexibility index (Phi) is 6.44. The third kappa shape index (κ3) is 4.95. The fourth-order valence-corrected chi connectivity index (χ4v) is 5.08. The molecule has 33 heavy (non-hydrogen) atoms. The Balaban J connectivity index is 1.28. The molecule has 1 aliphatic rings. The fourth-order valence-electron chi connectivity index (χ4n) is 4.43. The molecule has 2 aromatic carbocycles. The lowest BCUT2D eigenvalue weighted by atomic mass is 9.94. The minimum atomic E-state index is -0.271. The van der Waals surface area contributed by atoms with Gasteiger partial charge in [-0.1, -0.05) is 61.4 Å². The van der Waals surface area contributed by atoms with E-state index in [1.165, 1.54) is 30.3 Å². The number of amides is 1. The molecule has 1 fully saturated rings. The number of H-pyrrole nitrogens is 1. The van der Waals surface area contributed by atoms with E-state index in [2.05, 4.69) is 15.2 Å². The maximum absolute atomic E-state index is 13.3. The number of nitrogens with zero attached hydrogens (tertiary/aromatic N) is 3. The minimum Gasteiger partial charge on any atom is -0.411 e. The number of para-hydroxylation sites is 1. The van der Waals surface area contributed by atoms with Crippen molar-refractivity contribution in [1.29, 1.82) is 0 Å². The summed E-state index contributed by atoms with van der Waals surface area (Å²) in [4.78, 5) is 18.4. The molecule has 170 valence electrons. The topological polar surface area (TPSA) is 75.0 Å². The second-order valence-corrected chi connectivity index (χ2v) is 9.28. The van der Waals surface area contributed by atoms with E-state index >= 15 is 0 Å². The number of carbonyl (C=O) groups is 1. The number of carbonyl (C=O) groups excluding carboxylic acids is 1. The maximum atomic E-state index is 13.3. The van der Waals surface area contributed by atoms with Crippen LogP contribution in [-0.4, -0.2) is 37.8 Å². The highest BCUT2D eigenvalue weighted by Gasteiger charge is 2.26. The summed E-state index contributed by atoms with van der Waals surface area (Å²) < 4.78 is 19.2. The number of nitrogens with one attached hydrogen (secondary N) is 1. The van der Waals surface area contributed by atoms with E-state index in [-0.39, 0.29) is 23.5 Å². The normalized spacial score (nSPS) is 14.6. The van der Waals surface area contributed by atoms with E-state index in [1.54, 1.807) is 12.1 Å². The number of aromatic amines is 1. The van der Waals surface area contributed by atoms with Gasteiger partial charge in [0, 0.05) is 29.7 Å². The largest absolute Gasteiger partial charge is 0.411 e. The Hall–Kier alpha value is -3.13. The first-order chi connectivity index (χ1) is 16.2. The quantitative estimate of drug-likeness (QED) is 0.349. The molecular weight excluding hydrogens is 439 g/mol. The van der Waals surface area contributed by atoms with Crippen LogP contribution in [0, 0.1) is 5.82 Å². The van der Waals surface area contributed by atoms with Gasteiger partial charge in [-0.3, -0.25) is 4.79 Å². The SMILES string of the molecule is O=C(CSc1nnc(-c2c[nH]c3ccccc23)o1)N(Cc1ccc(F)cc1)C1CCCCC1. The van der Waals surface area contributed by atoms with Crippen LogP contribution in [0.3, 0.4) is 0 Å². The van der Waals surface area contributed by atoms with Crippen LogP contribution >= 0.6 is 11.8 Å². The van der Waals surface area contributed by atoms with Gasteiger partial charge in [0.05, 0.1) is 11.3 Å². The Morgan fingerprint density at radius 1 is 1.09 bits per heavy atom. The summed E-state index contributed by atoms with van der Waals surface area (Å²) >= 11 is 1.26. The smallest absolute Gasteiger partial charge is 0.277 e. The van der Waals surface area contributed by atoms with E-state index in [1.807, 2.05) is 35.4 Å². The van der Waals surface area contributed by atoms with E-state index in [4.69, 9.17) is 4.42 Å². The van der Waals surface area contributed by atoms with E-state index in [0.717, 1.165) is 47.7 Å². The Morgan fingerprint density at radius 3 is 2.70 bits per heavy atom. The molecule has 1 aliphatic carbocycles. The van der Waals surface area contributed by atoms with Crippen LogP contribution in [-0.2, 0) is 11.3 Å². The Morgan fingerprint density at radius 2 is 1.88 bits per heavy atom. The Bertz CT molecular complexity index is 1230. The molecule has 0 aliphatic heterocycles. The summed E-state index contributed by atoms with van der Waals surface area (Å²) in [6, 6.07) is 14.5. The monoisotopic (exact) mass is 464 g/mol. The zero-order chi connectivity index (χ0) is 22.6. The molecule has 6 nitrogen and oxygen atoms in total. The Labute approximate surface area is 195 Å². The van der Waals surface area contributed by atoms with Crippen molar-refractivity contribution in [2.75, 3.05) is 5.75 Å². The van der Waals surface area contributed by atoms with Gasteiger partial charge in [0.2, 0.25) is 5.91 Å². The molecule has 5 rings (SSSR count). The lowest BCUT2D eigenvalue weighted by Gasteiger charge is -2.34. The number of thioether (sulfide) groups is 1. The minimum absolute atomic E-state index is 0.0306. The van der Waals surface area contributed by atoms with Crippen molar-refractivity contribution in [1.82, 2.24) is 20.1 Å². The molecule has 0 saturated heterocycles. The molecule has 1 N–H and O–H groups in total. The molecule has 0 bridgehead atoms. The van der Waals surface area contributed by atoms with Crippen LogP contribution in [0.15, 0.2) is 64.4 Å². The summed E-state index contributed by atoms with van der Waals surface area (Å²) in [7, 11) is 0. The van der Waals surface area contributed by atoms with Crippen molar-refractivity contribution >= 4 is 28.6 Å². The first-order valence-corrected chi connectivity index (χ1v) is 12.2. The summed E-state index contributed by atoms with van der Waals surface area (Å²) in [6.45, 7) is 0.481. The molecule has 2 aromatic heterocycles. The van der Waals surface area contributed by atoms with E-state index in [0.29, 0.717) is 17.7 Å². The molecule has 0 spiro atoms. The maximum Gasteiger partial charge on any atom is 0.277 e. The van der Waals surface area contributed by atoms with Crippen molar-refractivity contribution in [2.24, 2.45) is 0 Å². The summed E-state index contributed by atoms with van der Waals surface area (Å²) in [5.74, 6) is 0.404. The van der Waals surface area contributed by atoms with Gasteiger partial charge in [0.25, 0.3) is 11.1 Å². The van der Waals surface area contributed by atoms with Gasteiger partial charge in [-0.2, -0.15) is 0 Å². The first kappa shape index (κ1) is 21.7. The summed E-state index contributed by atoms with van der Waals surface area (Å²) in [5, 5.41) is 9.70. The number of benzene rings is 2. The van der Waals surface area contributed by atoms with Gasteiger partial charge in [0.15, 0.2) is 0 Å². The standard InChI is InChI=1S/C25H25FN4O2S/c26-18-12-10-17(11-13-18)15-30(19-6-2-1-3-7-19)23(31)16-33-25-29-28-24(32-25)21-14-27-22-9-5-4-8-20(21)22/h4-5,8-14,19,27H,1-3,6-7,15-16H2. The van der Waals surface area contributed by atoms with Crippen molar-refractivity contribution in [2.45, 2.75) is 49.9 Å². The van der Waals surface area contributed by atoms with Gasteiger partial charge in [0.1, 0.15) is 5.82 Å². The van der Waals surface area contributed by atoms with E-state index in [9.17, 15) is 9.18 Å². The number of hydrogen-bond donors (Lipinski definition) is 1. The fraction of sp³-hybridized carbons (Fsp3) is 0.320. The van der Waals surface area contributed by atoms with Crippen LogP contribution < -0.4 is 0 Å². The second kappa shape index (κ2) is 9.79. The van der Waals surface area contributed by atoms with Gasteiger partial charge < -0.3 is 14.3 Å². The molecular formula is C25H25FN4O2S. The molecule has 1 saturated carbocycles. The first-order valence-electron chi connectivity index (χ1n) is 11.2. The molecule has 0 atom stereocenters. The number of halogens is 1. The lowest BCUT2D eigenvalue weighted by Crippen LogP contribution is -2.41. The summed E-state index contributed by atoms with van der Waals surface area (Å²) in [5.41, 5.74) is 2.77. The van der Waals surface area contributed by atoms with Gasteiger partial charge in [-0.15, -0.1) is 10.2 Å². The lowest BCUT2D eigenvalue weighted by molar-refractivity contribution is -0.132. The number of fused-ring (bicyclic) bond motifs is 1. The zero-order valence-electron chi connectivity index (χ0n) is 18.2. The molecule has 8 heteroatoms. The van der Waals surface area contributed by atoms with Crippen molar-refractivity contribution in [3.8, 4) is 11.5 Å². The third-order valence-corrected chi connectivity index (χ3v) is 6.95. The van der Waals surface area contributed by atoms with Gasteiger partial charge in [-0.25, -0.2) is 4.39 Å². The summed E-state index contributed by atoms with van der Waals surface area (Å²) in [6.07, 6.45) is 7.32. The average molecular weight is 465 g/mol. The second-order valence-electron chi connectivity index (χ2n) is 8.35. The van der Waals surface area contributed by atoms with Gasteiger partial charge >= 0.3 is 0 Å². The molecule has 0 unspecified atom stereocenters. The predicted octanol–water partition coefficient (Wildman–Crippen LogP) is 5.81. The van der Waals surface area contributed by atoms with Crippen molar-refractivity contribution in [3.63, 3.8) is 0 Å². The highest BCUT2D eigenvalue weighted by Crippen LogP contribution is 2.30. The van der Waals surface area contributed by atoms with Crippen molar-refractivity contribution < 1.29 is 13.6 Å².